The molecule has 4 heteroatoms. The molecule has 0 fully saturated rings. The molecule has 0 spiro atoms. The van der Waals surface area contributed by atoms with Gasteiger partial charge in [0.1, 0.15) is 6.07 Å². The van der Waals surface area contributed by atoms with Crippen LogP contribution in [-0.4, -0.2) is 22.8 Å². The highest BCUT2D eigenvalue weighted by Gasteiger charge is 2.15. The maximum absolute atomic E-state index is 9.08. The predicted octanol–water partition coefficient (Wildman–Crippen LogP) is 2.75. The Morgan fingerprint density at radius 2 is 2.18 bits per heavy atom. The third-order valence-electron chi connectivity index (χ3n) is 2.72. The summed E-state index contributed by atoms with van der Waals surface area (Å²) < 4.78 is 0. The molecule has 17 heavy (non-hydrogen) atoms. The molecule has 1 heterocycles. The van der Waals surface area contributed by atoms with Gasteiger partial charge in [-0.25, -0.2) is 0 Å². The zero-order valence-corrected chi connectivity index (χ0v) is 10.8. The van der Waals surface area contributed by atoms with Crippen molar-refractivity contribution >= 4 is 5.82 Å². The lowest BCUT2D eigenvalue weighted by atomic mass is 10.2. The molecular weight excluding hydrogens is 212 g/mol. The van der Waals surface area contributed by atoms with Gasteiger partial charge in [0, 0.05) is 12.6 Å². The lowest BCUT2D eigenvalue weighted by molar-refractivity contribution is 0.615. The second kappa shape index (κ2) is 6.85. The summed E-state index contributed by atoms with van der Waals surface area (Å²) in [4.78, 5) is 2.15. The van der Waals surface area contributed by atoms with E-state index in [0.29, 0.717) is 17.4 Å². The molecule has 1 rings (SSSR count). The monoisotopic (exact) mass is 232 g/mol. The molecule has 1 aromatic heterocycles. The number of hydrogen-bond donors (Lipinski definition) is 0. The van der Waals surface area contributed by atoms with E-state index in [9.17, 15) is 0 Å². The summed E-state index contributed by atoms with van der Waals surface area (Å²) in [6, 6.07) is 4.23. The summed E-state index contributed by atoms with van der Waals surface area (Å²) >= 11 is 0. The van der Waals surface area contributed by atoms with E-state index in [-0.39, 0.29) is 0 Å². The van der Waals surface area contributed by atoms with Crippen molar-refractivity contribution in [2.45, 2.75) is 46.1 Å². The van der Waals surface area contributed by atoms with E-state index < -0.39 is 0 Å². The van der Waals surface area contributed by atoms with Crippen LogP contribution < -0.4 is 4.90 Å². The number of nitrogens with zero attached hydrogens (tertiary/aromatic N) is 4. The predicted molar refractivity (Wildman–Crippen MR) is 68.8 cm³/mol. The Bertz CT molecular complexity index is 381. The second-order valence-electron chi connectivity index (χ2n) is 4.37. The average molecular weight is 232 g/mol. The minimum atomic E-state index is 0.329. The summed E-state index contributed by atoms with van der Waals surface area (Å²) in [5.41, 5.74) is 0.602. The Kier molecular flexibility index (Phi) is 5.41. The fourth-order valence-corrected chi connectivity index (χ4v) is 1.76. The van der Waals surface area contributed by atoms with Gasteiger partial charge in [-0.05, 0) is 26.3 Å². The van der Waals surface area contributed by atoms with Crippen molar-refractivity contribution in [2.24, 2.45) is 0 Å². The molecular formula is C13H20N4. The van der Waals surface area contributed by atoms with Crippen molar-refractivity contribution in [3.05, 3.63) is 17.8 Å². The van der Waals surface area contributed by atoms with Crippen LogP contribution in [0.5, 0.6) is 0 Å². The van der Waals surface area contributed by atoms with Crippen LogP contribution >= 0.6 is 0 Å². The zero-order valence-electron chi connectivity index (χ0n) is 10.8. The highest BCUT2D eigenvalue weighted by Crippen LogP contribution is 2.18. The van der Waals surface area contributed by atoms with Crippen molar-refractivity contribution in [1.29, 1.82) is 5.26 Å². The molecule has 92 valence electrons. The molecule has 0 aliphatic carbocycles. The number of unbranched alkanes of at least 4 members (excludes halogenated alkanes) is 2. The number of anilines is 1. The normalized spacial score (nSPS) is 10.3. The van der Waals surface area contributed by atoms with Gasteiger partial charge in [0.05, 0.1) is 11.8 Å². The molecule has 1 aromatic rings. The van der Waals surface area contributed by atoms with E-state index in [1.165, 1.54) is 12.8 Å². The number of rotatable bonds is 6. The van der Waals surface area contributed by atoms with Gasteiger partial charge >= 0.3 is 0 Å². The molecule has 0 saturated carbocycles. The first-order valence-corrected chi connectivity index (χ1v) is 6.19. The Labute approximate surface area is 103 Å². The molecule has 0 radical (unpaired) electrons. The van der Waals surface area contributed by atoms with Crippen molar-refractivity contribution in [3.63, 3.8) is 0 Å². The van der Waals surface area contributed by atoms with Gasteiger partial charge in [0.15, 0.2) is 5.82 Å². The van der Waals surface area contributed by atoms with E-state index in [1.54, 1.807) is 12.3 Å². The maximum Gasteiger partial charge on any atom is 0.169 e. The van der Waals surface area contributed by atoms with Gasteiger partial charge in [-0.1, -0.05) is 19.8 Å². The number of nitriles is 1. The van der Waals surface area contributed by atoms with Crippen LogP contribution in [0.1, 0.15) is 45.6 Å². The lowest BCUT2D eigenvalue weighted by Gasteiger charge is -2.27. The zero-order chi connectivity index (χ0) is 12.7. The van der Waals surface area contributed by atoms with Gasteiger partial charge < -0.3 is 4.90 Å². The smallest absolute Gasteiger partial charge is 0.169 e. The summed E-state index contributed by atoms with van der Waals surface area (Å²) in [5.74, 6) is 0.709. The fourth-order valence-electron chi connectivity index (χ4n) is 1.76. The van der Waals surface area contributed by atoms with Crippen LogP contribution in [-0.2, 0) is 0 Å². The third kappa shape index (κ3) is 3.70. The summed E-state index contributed by atoms with van der Waals surface area (Å²) in [6.07, 6.45) is 5.08. The van der Waals surface area contributed by atoms with Crippen molar-refractivity contribution in [3.8, 4) is 6.07 Å². The molecule has 0 aliphatic rings. The molecule has 0 N–H and O–H groups in total. The summed E-state index contributed by atoms with van der Waals surface area (Å²) in [5, 5.41) is 17.1. The molecule has 4 nitrogen and oxygen atoms in total. The van der Waals surface area contributed by atoms with Gasteiger partial charge in [0.25, 0.3) is 0 Å². The molecule has 0 atom stereocenters. The molecule has 0 unspecified atom stereocenters. The third-order valence-corrected chi connectivity index (χ3v) is 2.72. The maximum atomic E-state index is 9.08. The summed E-state index contributed by atoms with van der Waals surface area (Å²) in [7, 11) is 0. The molecule has 0 saturated heterocycles. The SMILES string of the molecule is CCCCCN(c1nnccc1C#N)C(C)C. The quantitative estimate of drug-likeness (QED) is 0.708. The Morgan fingerprint density at radius 1 is 1.41 bits per heavy atom. The molecule has 0 aliphatic heterocycles. The average Bonchev–Trinajstić information content (AvgIpc) is 2.34. The molecule has 0 bridgehead atoms. The van der Waals surface area contributed by atoms with Crippen LogP contribution in [0.25, 0.3) is 0 Å². The Hall–Kier alpha value is -1.63. The topological polar surface area (TPSA) is 52.8 Å². The van der Waals surface area contributed by atoms with Crippen LogP contribution in [0.15, 0.2) is 12.3 Å². The number of aromatic nitrogens is 2. The molecule has 0 amide bonds. The first-order valence-electron chi connectivity index (χ1n) is 6.19. The van der Waals surface area contributed by atoms with Gasteiger partial charge in [-0.3, -0.25) is 0 Å². The minimum absolute atomic E-state index is 0.329. The highest BCUT2D eigenvalue weighted by molar-refractivity contribution is 5.52. The number of hydrogen-bond acceptors (Lipinski definition) is 4. The lowest BCUT2D eigenvalue weighted by Crippen LogP contribution is -2.33. The largest absolute Gasteiger partial charge is 0.352 e. The van der Waals surface area contributed by atoms with E-state index in [4.69, 9.17) is 5.26 Å². The van der Waals surface area contributed by atoms with Crippen molar-refractivity contribution in [2.75, 3.05) is 11.4 Å². The Balaban J connectivity index is 2.86. The van der Waals surface area contributed by atoms with Gasteiger partial charge in [0.2, 0.25) is 0 Å². The fraction of sp³-hybridized carbons (Fsp3) is 0.615. The van der Waals surface area contributed by atoms with E-state index in [1.807, 2.05) is 0 Å². The Morgan fingerprint density at radius 3 is 2.76 bits per heavy atom. The van der Waals surface area contributed by atoms with Gasteiger partial charge in [-0.15, -0.1) is 5.10 Å². The first kappa shape index (κ1) is 13.4. The minimum Gasteiger partial charge on any atom is -0.352 e. The molecule has 0 aromatic carbocycles. The van der Waals surface area contributed by atoms with Crippen molar-refractivity contribution in [1.82, 2.24) is 10.2 Å². The highest BCUT2D eigenvalue weighted by atomic mass is 15.3. The van der Waals surface area contributed by atoms with E-state index in [0.717, 1.165) is 13.0 Å². The van der Waals surface area contributed by atoms with E-state index >= 15 is 0 Å². The van der Waals surface area contributed by atoms with Crippen LogP contribution in [0, 0.1) is 11.3 Å². The standard InChI is InChI=1S/C13H20N4/c1-4-5-6-9-17(11(2)3)13-12(10-14)7-8-15-16-13/h7-8,11H,4-6,9H2,1-3H3. The van der Waals surface area contributed by atoms with Crippen LogP contribution in [0.2, 0.25) is 0 Å². The van der Waals surface area contributed by atoms with Gasteiger partial charge in [-0.2, -0.15) is 10.4 Å². The van der Waals surface area contributed by atoms with E-state index in [2.05, 4.69) is 41.9 Å². The van der Waals surface area contributed by atoms with Crippen LogP contribution in [0.4, 0.5) is 5.82 Å². The van der Waals surface area contributed by atoms with Crippen molar-refractivity contribution < 1.29 is 0 Å². The summed E-state index contributed by atoms with van der Waals surface area (Å²) in [6.45, 7) is 7.34. The second-order valence-corrected chi connectivity index (χ2v) is 4.37. The first-order chi connectivity index (χ1) is 8.20. The van der Waals surface area contributed by atoms with Crippen LogP contribution in [0.3, 0.4) is 0 Å².